The zero-order valence-corrected chi connectivity index (χ0v) is 11.8. The largest absolute Gasteiger partial charge is 0.320 e. The normalized spacial score (nSPS) is 12.8. The summed E-state index contributed by atoms with van der Waals surface area (Å²) in [6.07, 6.45) is 0. The predicted octanol–water partition coefficient (Wildman–Crippen LogP) is 4.88. The lowest BCUT2D eigenvalue weighted by molar-refractivity contribution is 0.624. The highest BCUT2D eigenvalue weighted by Crippen LogP contribution is 2.34. The Morgan fingerprint density at radius 3 is 2.50 bits per heavy atom. The summed E-state index contributed by atoms with van der Waals surface area (Å²) in [5.41, 5.74) is 6.68. The van der Waals surface area contributed by atoms with Crippen LogP contribution in [0.15, 0.2) is 42.5 Å². The summed E-state index contributed by atoms with van der Waals surface area (Å²) < 4.78 is 27.3. The van der Waals surface area contributed by atoms with Crippen LogP contribution in [0, 0.1) is 11.6 Å². The molecule has 2 aromatic carbocycles. The smallest absolute Gasteiger partial charge is 0.124 e. The fourth-order valence-corrected chi connectivity index (χ4v) is 3.43. The number of halogens is 3. The summed E-state index contributed by atoms with van der Waals surface area (Å²) in [7, 11) is 0. The summed E-state index contributed by atoms with van der Waals surface area (Å²) in [6.45, 7) is 0. The monoisotopic (exact) mass is 309 g/mol. The first kappa shape index (κ1) is 13.5. The SMILES string of the molecule is NC(c1cc2ccc(F)cc2s1)c1cc(F)ccc1Cl. The van der Waals surface area contributed by atoms with Crippen molar-refractivity contribution in [2.45, 2.75) is 6.04 Å². The average Bonchev–Trinajstić information content (AvgIpc) is 2.83. The van der Waals surface area contributed by atoms with E-state index >= 15 is 0 Å². The number of hydrogen-bond donors (Lipinski definition) is 1. The third-order valence-corrected chi connectivity index (χ3v) is 4.63. The summed E-state index contributed by atoms with van der Waals surface area (Å²) in [5, 5.41) is 1.33. The Morgan fingerprint density at radius 1 is 1.00 bits per heavy atom. The Bertz CT molecular complexity index is 785. The molecular formula is C15H10ClF2NS. The Labute approximate surface area is 123 Å². The van der Waals surface area contributed by atoms with Gasteiger partial charge >= 0.3 is 0 Å². The van der Waals surface area contributed by atoms with Gasteiger partial charge in [0.25, 0.3) is 0 Å². The quantitative estimate of drug-likeness (QED) is 0.717. The van der Waals surface area contributed by atoms with Crippen LogP contribution in [0.1, 0.15) is 16.5 Å². The van der Waals surface area contributed by atoms with Crippen molar-refractivity contribution in [1.29, 1.82) is 0 Å². The maximum atomic E-state index is 13.3. The fourth-order valence-electron chi connectivity index (χ4n) is 2.08. The molecule has 0 saturated carbocycles. The van der Waals surface area contributed by atoms with Crippen molar-refractivity contribution in [2.75, 3.05) is 0 Å². The summed E-state index contributed by atoms with van der Waals surface area (Å²) >= 11 is 7.45. The fraction of sp³-hybridized carbons (Fsp3) is 0.0667. The van der Waals surface area contributed by atoms with Crippen LogP contribution in [0.4, 0.5) is 8.78 Å². The molecule has 0 aliphatic rings. The van der Waals surface area contributed by atoms with Gasteiger partial charge in [-0.15, -0.1) is 11.3 Å². The van der Waals surface area contributed by atoms with Crippen LogP contribution >= 0.6 is 22.9 Å². The van der Waals surface area contributed by atoms with Crippen LogP contribution in [-0.4, -0.2) is 0 Å². The predicted molar refractivity (Wildman–Crippen MR) is 79.2 cm³/mol. The summed E-state index contributed by atoms with van der Waals surface area (Å²) in [6, 6.07) is 10.0. The summed E-state index contributed by atoms with van der Waals surface area (Å²) in [5.74, 6) is -0.671. The minimum atomic E-state index is -0.529. The lowest BCUT2D eigenvalue weighted by Crippen LogP contribution is -2.11. The molecule has 3 rings (SSSR count). The minimum absolute atomic E-state index is 0.289. The second-order valence-corrected chi connectivity index (χ2v) is 6.00. The van der Waals surface area contributed by atoms with E-state index in [0.29, 0.717) is 10.6 Å². The first-order valence-corrected chi connectivity index (χ1v) is 7.13. The molecule has 0 amide bonds. The molecule has 2 N–H and O–H groups in total. The molecule has 1 heterocycles. The maximum absolute atomic E-state index is 13.3. The van der Waals surface area contributed by atoms with E-state index in [9.17, 15) is 8.78 Å². The second-order valence-electron chi connectivity index (χ2n) is 4.47. The van der Waals surface area contributed by atoms with Crippen molar-refractivity contribution in [2.24, 2.45) is 5.73 Å². The van der Waals surface area contributed by atoms with Crippen molar-refractivity contribution in [1.82, 2.24) is 0 Å². The van der Waals surface area contributed by atoms with E-state index in [1.54, 1.807) is 6.07 Å². The molecule has 0 fully saturated rings. The van der Waals surface area contributed by atoms with Gasteiger partial charge in [0.15, 0.2) is 0 Å². The molecule has 1 nitrogen and oxygen atoms in total. The number of rotatable bonds is 2. The lowest BCUT2D eigenvalue weighted by Gasteiger charge is -2.11. The van der Waals surface area contributed by atoms with Crippen molar-refractivity contribution >= 4 is 33.0 Å². The molecule has 0 radical (unpaired) electrons. The van der Waals surface area contributed by atoms with Gasteiger partial charge in [-0.2, -0.15) is 0 Å². The number of thiophene rings is 1. The van der Waals surface area contributed by atoms with Gasteiger partial charge in [0, 0.05) is 14.6 Å². The molecule has 20 heavy (non-hydrogen) atoms. The zero-order valence-electron chi connectivity index (χ0n) is 10.2. The van der Waals surface area contributed by atoms with Crippen LogP contribution in [0.25, 0.3) is 10.1 Å². The van der Waals surface area contributed by atoms with Gasteiger partial charge in [0.1, 0.15) is 11.6 Å². The zero-order chi connectivity index (χ0) is 14.3. The lowest BCUT2D eigenvalue weighted by atomic mass is 10.1. The van der Waals surface area contributed by atoms with E-state index in [4.69, 9.17) is 17.3 Å². The van der Waals surface area contributed by atoms with Crippen molar-refractivity contribution in [3.05, 3.63) is 69.6 Å². The van der Waals surface area contributed by atoms with Gasteiger partial charge in [-0.3, -0.25) is 0 Å². The molecule has 1 atom stereocenters. The molecule has 1 aromatic heterocycles. The highest BCUT2D eigenvalue weighted by molar-refractivity contribution is 7.19. The Balaban J connectivity index is 2.07. The van der Waals surface area contributed by atoms with Crippen LogP contribution in [0.2, 0.25) is 5.02 Å². The average molecular weight is 310 g/mol. The van der Waals surface area contributed by atoms with Crippen LogP contribution in [0.5, 0.6) is 0 Å². The Morgan fingerprint density at radius 2 is 1.70 bits per heavy atom. The Hall–Kier alpha value is -1.49. The number of fused-ring (bicyclic) bond motifs is 1. The van der Waals surface area contributed by atoms with Crippen LogP contribution in [0.3, 0.4) is 0 Å². The third-order valence-electron chi connectivity index (χ3n) is 3.10. The standard InChI is InChI=1S/C15H10ClF2NS/c16-12-4-3-9(17)6-11(12)15(19)14-5-8-1-2-10(18)7-13(8)20-14/h1-7,15H,19H2. The van der Waals surface area contributed by atoms with Crippen LogP contribution < -0.4 is 5.73 Å². The first-order chi connectivity index (χ1) is 9.54. The minimum Gasteiger partial charge on any atom is -0.320 e. The topological polar surface area (TPSA) is 26.0 Å². The molecule has 102 valence electrons. The first-order valence-electron chi connectivity index (χ1n) is 5.94. The Kier molecular flexibility index (Phi) is 3.46. The van der Waals surface area contributed by atoms with Gasteiger partial charge in [0.05, 0.1) is 6.04 Å². The second kappa shape index (κ2) is 5.13. The number of hydrogen-bond acceptors (Lipinski definition) is 2. The highest BCUT2D eigenvalue weighted by Gasteiger charge is 2.16. The van der Waals surface area contributed by atoms with E-state index in [0.717, 1.165) is 15.0 Å². The summed E-state index contributed by atoms with van der Waals surface area (Å²) in [4.78, 5) is 0.818. The molecule has 5 heteroatoms. The van der Waals surface area contributed by atoms with E-state index in [2.05, 4.69) is 0 Å². The maximum Gasteiger partial charge on any atom is 0.124 e. The molecule has 0 spiro atoms. The molecule has 3 aromatic rings. The van der Waals surface area contributed by atoms with Crippen LogP contribution in [-0.2, 0) is 0 Å². The molecule has 1 unspecified atom stereocenters. The molecule has 0 saturated heterocycles. The van der Waals surface area contributed by atoms with Gasteiger partial charge in [0.2, 0.25) is 0 Å². The molecule has 0 aliphatic heterocycles. The van der Waals surface area contributed by atoms with Crippen molar-refractivity contribution in [3.8, 4) is 0 Å². The van der Waals surface area contributed by atoms with Gasteiger partial charge in [-0.05, 0) is 47.3 Å². The highest BCUT2D eigenvalue weighted by atomic mass is 35.5. The number of benzene rings is 2. The molecular weight excluding hydrogens is 300 g/mol. The number of nitrogens with two attached hydrogens (primary N) is 1. The van der Waals surface area contributed by atoms with E-state index in [-0.39, 0.29) is 11.6 Å². The van der Waals surface area contributed by atoms with E-state index < -0.39 is 6.04 Å². The van der Waals surface area contributed by atoms with Crippen molar-refractivity contribution < 1.29 is 8.78 Å². The molecule has 0 bridgehead atoms. The molecule has 0 aliphatic carbocycles. The van der Waals surface area contributed by atoms with Crippen molar-refractivity contribution in [3.63, 3.8) is 0 Å². The van der Waals surface area contributed by atoms with Gasteiger partial charge in [-0.25, -0.2) is 8.78 Å². The third kappa shape index (κ3) is 2.42. The van der Waals surface area contributed by atoms with E-state index in [1.165, 1.54) is 41.7 Å². The van der Waals surface area contributed by atoms with Gasteiger partial charge in [-0.1, -0.05) is 17.7 Å². The van der Waals surface area contributed by atoms with E-state index in [1.807, 2.05) is 6.07 Å². The van der Waals surface area contributed by atoms with Gasteiger partial charge < -0.3 is 5.73 Å².